The number of nitrogens with one attached hydrogen (secondary N) is 1. The zero-order valence-electron chi connectivity index (χ0n) is 10.1. The minimum Gasteiger partial charge on any atom is -0.348 e. The number of rotatable bonds is 4. The Labute approximate surface area is 97.0 Å². The molecule has 3 nitrogen and oxygen atoms in total. The highest BCUT2D eigenvalue weighted by Gasteiger charge is 2.19. The van der Waals surface area contributed by atoms with Crippen molar-refractivity contribution in [1.29, 1.82) is 0 Å². The van der Waals surface area contributed by atoms with E-state index in [1.165, 1.54) is 0 Å². The quantitative estimate of drug-likeness (QED) is 0.813. The van der Waals surface area contributed by atoms with Gasteiger partial charge in [0.15, 0.2) is 0 Å². The molecule has 16 heavy (non-hydrogen) atoms. The first-order chi connectivity index (χ1) is 7.52. The second-order valence-corrected chi connectivity index (χ2v) is 4.43. The summed E-state index contributed by atoms with van der Waals surface area (Å²) in [5.74, 6) is 0.229. The Balaban J connectivity index is 2.81. The van der Waals surface area contributed by atoms with Crippen LogP contribution in [-0.2, 0) is 4.79 Å². The highest BCUT2D eigenvalue weighted by Crippen LogP contribution is 2.21. The van der Waals surface area contributed by atoms with E-state index in [2.05, 4.69) is 19.2 Å². The standard InChI is InChI=1S/C13H20N2O/c1-9(2)12(15-13(16)10(3)14)11-7-5-4-6-8-11/h4-10,12H,14H2,1-3H3,(H,15,16). The molecule has 0 bridgehead atoms. The molecule has 1 amide bonds. The van der Waals surface area contributed by atoms with Gasteiger partial charge in [0.2, 0.25) is 5.91 Å². The lowest BCUT2D eigenvalue weighted by molar-refractivity contribution is -0.123. The first-order valence-electron chi connectivity index (χ1n) is 5.63. The van der Waals surface area contributed by atoms with E-state index < -0.39 is 6.04 Å². The first-order valence-corrected chi connectivity index (χ1v) is 5.63. The summed E-state index contributed by atoms with van der Waals surface area (Å²) in [6.07, 6.45) is 0. The molecule has 0 aliphatic carbocycles. The lowest BCUT2D eigenvalue weighted by Gasteiger charge is -2.23. The number of hydrogen-bond acceptors (Lipinski definition) is 2. The number of nitrogens with two attached hydrogens (primary N) is 1. The molecule has 1 aromatic carbocycles. The smallest absolute Gasteiger partial charge is 0.237 e. The van der Waals surface area contributed by atoms with Crippen LogP contribution in [0.2, 0.25) is 0 Å². The summed E-state index contributed by atoms with van der Waals surface area (Å²) in [6.45, 7) is 5.86. The SMILES string of the molecule is CC(N)C(=O)NC(c1ccccc1)C(C)C. The summed E-state index contributed by atoms with van der Waals surface area (Å²) in [6, 6.07) is 9.52. The van der Waals surface area contributed by atoms with E-state index in [1.807, 2.05) is 30.3 Å². The van der Waals surface area contributed by atoms with Crippen LogP contribution in [0.1, 0.15) is 32.4 Å². The number of amides is 1. The molecule has 0 fully saturated rings. The fraction of sp³-hybridized carbons (Fsp3) is 0.462. The predicted molar refractivity (Wildman–Crippen MR) is 65.8 cm³/mol. The third-order valence-electron chi connectivity index (χ3n) is 2.54. The van der Waals surface area contributed by atoms with Gasteiger partial charge < -0.3 is 11.1 Å². The summed E-state index contributed by atoms with van der Waals surface area (Å²) in [5.41, 5.74) is 6.67. The Hall–Kier alpha value is -1.35. The van der Waals surface area contributed by atoms with Crippen LogP contribution in [0.5, 0.6) is 0 Å². The third-order valence-corrected chi connectivity index (χ3v) is 2.54. The van der Waals surface area contributed by atoms with Crippen molar-refractivity contribution in [2.45, 2.75) is 32.9 Å². The van der Waals surface area contributed by atoms with Gasteiger partial charge in [-0.05, 0) is 18.4 Å². The Morgan fingerprint density at radius 1 is 1.19 bits per heavy atom. The van der Waals surface area contributed by atoms with Crippen molar-refractivity contribution in [3.8, 4) is 0 Å². The van der Waals surface area contributed by atoms with E-state index in [4.69, 9.17) is 5.73 Å². The minimum absolute atomic E-state index is 0.0275. The van der Waals surface area contributed by atoms with Crippen molar-refractivity contribution < 1.29 is 4.79 Å². The maximum Gasteiger partial charge on any atom is 0.237 e. The van der Waals surface area contributed by atoms with Crippen molar-refractivity contribution in [1.82, 2.24) is 5.32 Å². The Morgan fingerprint density at radius 3 is 2.19 bits per heavy atom. The highest BCUT2D eigenvalue weighted by molar-refractivity contribution is 5.81. The van der Waals surface area contributed by atoms with Crippen LogP contribution in [-0.4, -0.2) is 11.9 Å². The second-order valence-electron chi connectivity index (χ2n) is 4.43. The van der Waals surface area contributed by atoms with Crippen molar-refractivity contribution >= 4 is 5.91 Å². The largest absolute Gasteiger partial charge is 0.348 e. The average Bonchev–Trinajstić information content (AvgIpc) is 2.26. The molecular weight excluding hydrogens is 200 g/mol. The van der Waals surface area contributed by atoms with E-state index >= 15 is 0 Å². The van der Waals surface area contributed by atoms with Gasteiger partial charge in [0.1, 0.15) is 0 Å². The summed E-state index contributed by atoms with van der Waals surface area (Å²) in [5, 5.41) is 2.97. The van der Waals surface area contributed by atoms with Gasteiger partial charge in [-0.2, -0.15) is 0 Å². The fourth-order valence-electron chi connectivity index (χ4n) is 1.58. The molecule has 0 radical (unpaired) electrons. The number of benzene rings is 1. The summed E-state index contributed by atoms with van der Waals surface area (Å²) in [7, 11) is 0. The van der Waals surface area contributed by atoms with E-state index in [-0.39, 0.29) is 11.9 Å². The van der Waals surface area contributed by atoms with Crippen molar-refractivity contribution in [2.24, 2.45) is 11.7 Å². The van der Waals surface area contributed by atoms with Gasteiger partial charge in [-0.15, -0.1) is 0 Å². The van der Waals surface area contributed by atoms with Crippen LogP contribution < -0.4 is 11.1 Å². The second kappa shape index (κ2) is 5.66. The minimum atomic E-state index is -0.468. The molecule has 0 aliphatic heterocycles. The molecule has 0 heterocycles. The van der Waals surface area contributed by atoms with Gasteiger partial charge in [0.05, 0.1) is 12.1 Å². The molecule has 0 saturated carbocycles. The number of carbonyl (C=O) groups is 1. The normalized spacial score (nSPS) is 14.6. The Kier molecular flexibility index (Phi) is 4.50. The average molecular weight is 220 g/mol. The summed E-state index contributed by atoms with van der Waals surface area (Å²) < 4.78 is 0. The van der Waals surface area contributed by atoms with E-state index in [0.29, 0.717) is 5.92 Å². The zero-order chi connectivity index (χ0) is 12.1. The van der Waals surface area contributed by atoms with E-state index in [1.54, 1.807) is 6.92 Å². The molecule has 2 unspecified atom stereocenters. The van der Waals surface area contributed by atoms with Crippen LogP contribution in [0.15, 0.2) is 30.3 Å². The maximum absolute atomic E-state index is 11.6. The molecule has 0 spiro atoms. The lowest BCUT2D eigenvalue weighted by Crippen LogP contribution is -2.41. The topological polar surface area (TPSA) is 55.1 Å². The third kappa shape index (κ3) is 3.35. The van der Waals surface area contributed by atoms with Gasteiger partial charge in [0.25, 0.3) is 0 Å². The molecule has 0 aliphatic rings. The van der Waals surface area contributed by atoms with Crippen LogP contribution in [0.25, 0.3) is 0 Å². The van der Waals surface area contributed by atoms with Gasteiger partial charge in [-0.3, -0.25) is 4.79 Å². The van der Waals surface area contributed by atoms with Crippen LogP contribution in [0.3, 0.4) is 0 Å². The molecule has 3 heteroatoms. The fourth-order valence-corrected chi connectivity index (χ4v) is 1.58. The first kappa shape index (κ1) is 12.7. The Bertz CT molecular complexity index is 333. The van der Waals surface area contributed by atoms with Gasteiger partial charge in [-0.1, -0.05) is 44.2 Å². The van der Waals surface area contributed by atoms with E-state index in [9.17, 15) is 4.79 Å². The van der Waals surface area contributed by atoms with Crippen molar-refractivity contribution in [3.05, 3.63) is 35.9 Å². The van der Waals surface area contributed by atoms with Crippen LogP contribution in [0, 0.1) is 5.92 Å². The van der Waals surface area contributed by atoms with Crippen LogP contribution in [0.4, 0.5) is 0 Å². The number of carbonyl (C=O) groups excluding carboxylic acids is 1. The van der Waals surface area contributed by atoms with E-state index in [0.717, 1.165) is 5.56 Å². The summed E-state index contributed by atoms with van der Waals surface area (Å²) in [4.78, 5) is 11.6. The molecule has 0 aromatic heterocycles. The molecule has 0 saturated heterocycles. The molecule has 2 atom stereocenters. The number of hydrogen-bond donors (Lipinski definition) is 2. The van der Waals surface area contributed by atoms with Crippen LogP contribution >= 0.6 is 0 Å². The maximum atomic E-state index is 11.6. The molecule has 3 N–H and O–H groups in total. The molecule has 88 valence electrons. The molecule has 1 rings (SSSR count). The lowest BCUT2D eigenvalue weighted by atomic mass is 9.96. The molecular formula is C13H20N2O. The van der Waals surface area contributed by atoms with Gasteiger partial charge >= 0.3 is 0 Å². The van der Waals surface area contributed by atoms with Crippen molar-refractivity contribution in [3.63, 3.8) is 0 Å². The predicted octanol–water partition coefficient (Wildman–Crippen LogP) is 1.85. The van der Waals surface area contributed by atoms with Gasteiger partial charge in [0, 0.05) is 0 Å². The van der Waals surface area contributed by atoms with Crippen molar-refractivity contribution in [2.75, 3.05) is 0 Å². The molecule has 1 aromatic rings. The zero-order valence-corrected chi connectivity index (χ0v) is 10.1. The van der Waals surface area contributed by atoms with Gasteiger partial charge in [-0.25, -0.2) is 0 Å². The summed E-state index contributed by atoms with van der Waals surface area (Å²) >= 11 is 0. The highest BCUT2D eigenvalue weighted by atomic mass is 16.2. The monoisotopic (exact) mass is 220 g/mol. The Morgan fingerprint density at radius 2 is 1.75 bits per heavy atom.